The van der Waals surface area contributed by atoms with Crippen LogP contribution in [0.2, 0.25) is 0 Å². The van der Waals surface area contributed by atoms with E-state index >= 15 is 0 Å². The number of rotatable bonds is 7. The van der Waals surface area contributed by atoms with E-state index in [1.807, 2.05) is 6.92 Å². The van der Waals surface area contributed by atoms with Gasteiger partial charge < -0.3 is 19.3 Å². The molecule has 0 heterocycles. The summed E-state index contributed by atoms with van der Waals surface area (Å²) in [6.07, 6.45) is 1.41. The molecule has 0 aliphatic rings. The minimum Gasteiger partial charge on any atom is -0.396 e. The van der Waals surface area contributed by atoms with Gasteiger partial charge in [-0.25, -0.2) is 0 Å². The van der Waals surface area contributed by atoms with Crippen LogP contribution in [0.15, 0.2) is 0 Å². The van der Waals surface area contributed by atoms with Crippen LogP contribution < -0.4 is 0 Å². The van der Waals surface area contributed by atoms with Gasteiger partial charge in [0.05, 0.1) is 0 Å². The summed E-state index contributed by atoms with van der Waals surface area (Å²) in [5, 5.41) is 8.83. The van der Waals surface area contributed by atoms with Crippen molar-refractivity contribution in [2.24, 2.45) is 5.92 Å². The van der Waals surface area contributed by atoms with Gasteiger partial charge in [-0.1, -0.05) is 6.92 Å². The zero-order valence-corrected chi connectivity index (χ0v) is 8.87. The fourth-order valence-corrected chi connectivity index (χ4v) is 1.07. The van der Waals surface area contributed by atoms with Crippen molar-refractivity contribution in [3.05, 3.63) is 0 Å². The van der Waals surface area contributed by atoms with Crippen molar-refractivity contribution < 1.29 is 19.3 Å². The molecular weight excluding hydrogens is 172 g/mol. The fraction of sp³-hybridized carbons (Fsp3) is 1.00. The maximum atomic E-state index is 8.83. The Kier molecular flexibility index (Phi) is 6.24. The molecule has 0 saturated carbocycles. The second kappa shape index (κ2) is 6.32. The standard InChI is InChI=1S/C9H20O4/c1-8(7-10)5-6-9(11-2,12-3)13-4/h8,10H,5-7H2,1-4H3. The average molecular weight is 192 g/mol. The molecule has 80 valence electrons. The molecule has 4 nitrogen and oxygen atoms in total. The Morgan fingerprint density at radius 1 is 1.15 bits per heavy atom. The molecule has 0 aromatic carbocycles. The molecule has 0 fully saturated rings. The third-order valence-corrected chi connectivity index (χ3v) is 2.19. The lowest BCUT2D eigenvalue weighted by Crippen LogP contribution is -2.36. The number of hydrogen-bond donors (Lipinski definition) is 1. The van der Waals surface area contributed by atoms with Crippen LogP contribution in [0, 0.1) is 5.92 Å². The zero-order chi connectivity index (χ0) is 10.3. The number of methoxy groups -OCH3 is 3. The van der Waals surface area contributed by atoms with Crippen molar-refractivity contribution in [1.29, 1.82) is 0 Å². The van der Waals surface area contributed by atoms with Gasteiger partial charge in [0.15, 0.2) is 0 Å². The highest BCUT2D eigenvalue weighted by Crippen LogP contribution is 2.21. The highest BCUT2D eigenvalue weighted by molar-refractivity contribution is 4.59. The van der Waals surface area contributed by atoms with Crippen molar-refractivity contribution >= 4 is 0 Å². The van der Waals surface area contributed by atoms with Gasteiger partial charge in [0.2, 0.25) is 0 Å². The molecule has 0 spiro atoms. The van der Waals surface area contributed by atoms with E-state index in [-0.39, 0.29) is 12.5 Å². The third kappa shape index (κ3) is 4.04. The van der Waals surface area contributed by atoms with E-state index in [9.17, 15) is 0 Å². The topological polar surface area (TPSA) is 47.9 Å². The van der Waals surface area contributed by atoms with E-state index in [1.165, 1.54) is 21.3 Å². The molecule has 0 amide bonds. The third-order valence-electron chi connectivity index (χ3n) is 2.19. The Labute approximate surface area is 79.8 Å². The van der Waals surface area contributed by atoms with E-state index in [4.69, 9.17) is 19.3 Å². The molecule has 0 radical (unpaired) electrons. The van der Waals surface area contributed by atoms with E-state index < -0.39 is 5.97 Å². The Bertz CT molecular complexity index is 115. The van der Waals surface area contributed by atoms with Crippen molar-refractivity contribution in [2.75, 3.05) is 27.9 Å². The molecule has 1 atom stereocenters. The summed E-state index contributed by atoms with van der Waals surface area (Å²) in [5.41, 5.74) is 0. The van der Waals surface area contributed by atoms with Gasteiger partial charge in [-0.2, -0.15) is 0 Å². The molecule has 0 aliphatic heterocycles. The van der Waals surface area contributed by atoms with E-state index in [1.54, 1.807) is 0 Å². The molecule has 0 bridgehead atoms. The molecule has 0 aliphatic carbocycles. The summed E-state index contributed by atoms with van der Waals surface area (Å²) >= 11 is 0. The summed E-state index contributed by atoms with van der Waals surface area (Å²) < 4.78 is 15.3. The van der Waals surface area contributed by atoms with Crippen LogP contribution in [0.5, 0.6) is 0 Å². The first kappa shape index (κ1) is 12.8. The summed E-state index contributed by atoms with van der Waals surface area (Å²) in [6.45, 7) is 2.14. The summed E-state index contributed by atoms with van der Waals surface area (Å²) in [7, 11) is 4.61. The molecule has 13 heavy (non-hydrogen) atoms. The monoisotopic (exact) mass is 192 g/mol. The SMILES string of the molecule is COC(CCC(C)CO)(OC)OC. The van der Waals surface area contributed by atoms with Crippen LogP contribution in [0.3, 0.4) is 0 Å². The molecular formula is C9H20O4. The minimum absolute atomic E-state index is 0.174. The highest BCUT2D eigenvalue weighted by Gasteiger charge is 2.29. The van der Waals surface area contributed by atoms with Gasteiger partial charge >= 0.3 is 0 Å². The first-order valence-corrected chi connectivity index (χ1v) is 4.40. The molecule has 0 aromatic heterocycles. The molecule has 1 unspecified atom stereocenters. The fourth-order valence-electron chi connectivity index (χ4n) is 1.07. The minimum atomic E-state index is -0.955. The van der Waals surface area contributed by atoms with Gasteiger partial charge in [-0.05, 0) is 12.3 Å². The van der Waals surface area contributed by atoms with Crippen LogP contribution in [0.1, 0.15) is 19.8 Å². The summed E-state index contributed by atoms with van der Waals surface area (Å²) in [6, 6.07) is 0. The molecule has 1 N–H and O–H groups in total. The van der Waals surface area contributed by atoms with Crippen molar-refractivity contribution in [1.82, 2.24) is 0 Å². The summed E-state index contributed by atoms with van der Waals surface area (Å²) in [4.78, 5) is 0. The van der Waals surface area contributed by atoms with Crippen molar-refractivity contribution in [3.8, 4) is 0 Å². The van der Waals surface area contributed by atoms with Crippen LogP contribution in [0.4, 0.5) is 0 Å². The zero-order valence-electron chi connectivity index (χ0n) is 8.87. The van der Waals surface area contributed by atoms with Gasteiger partial charge in [-0.15, -0.1) is 0 Å². The molecule has 4 heteroatoms. The second-order valence-electron chi connectivity index (χ2n) is 3.12. The predicted molar refractivity (Wildman–Crippen MR) is 49.2 cm³/mol. The average Bonchev–Trinajstić information content (AvgIpc) is 2.20. The van der Waals surface area contributed by atoms with E-state index in [0.717, 1.165) is 6.42 Å². The van der Waals surface area contributed by atoms with Gasteiger partial charge in [0.25, 0.3) is 5.97 Å². The maximum absolute atomic E-state index is 8.83. The maximum Gasteiger partial charge on any atom is 0.282 e. The number of ether oxygens (including phenoxy) is 3. The smallest absolute Gasteiger partial charge is 0.282 e. The molecule has 0 rings (SSSR count). The lowest BCUT2D eigenvalue weighted by molar-refractivity contribution is -0.356. The van der Waals surface area contributed by atoms with Crippen molar-refractivity contribution in [3.63, 3.8) is 0 Å². The lowest BCUT2D eigenvalue weighted by Gasteiger charge is -2.29. The van der Waals surface area contributed by atoms with E-state index in [0.29, 0.717) is 6.42 Å². The predicted octanol–water partition coefficient (Wildman–Crippen LogP) is 0.988. The number of hydrogen-bond acceptors (Lipinski definition) is 4. The van der Waals surface area contributed by atoms with Crippen LogP contribution in [-0.2, 0) is 14.2 Å². The van der Waals surface area contributed by atoms with Gasteiger partial charge in [-0.3, -0.25) is 0 Å². The highest BCUT2D eigenvalue weighted by atomic mass is 16.9. The lowest BCUT2D eigenvalue weighted by atomic mass is 10.1. The Morgan fingerprint density at radius 2 is 1.62 bits per heavy atom. The normalized spacial score (nSPS) is 14.5. The number of aliphatic hydroxyl groups is 1. The Morgan fingerprint density at radius 3 is 1.92 bits per heavy atom. The Hall–Kier alpha value is -0.160. The summed E-state index contributed by atoms with van der Waals surface area (Å²) in [5.74, 6) is -0.719. The second-order valence-corrected chi connectivity index (χ2v) is 3.12. The quantitative estimate of drug-likeness (QED) is 0.611. The van der Waals surface area contributed by atoms with Gasteiger partial charge in [0, 0.05) is 34.4 Å². The largest absolute Gasteiger partial charge is 0.396 e. The van der Waals surface area contributed by atoms with Crippen molar-refractivity contribution in [2.45, 2.75) is 25.7 Å². The number of aliphatic hydroxyl groups excluding tert-OH is 1. The first-order chi connectivity index (χ1) is 6.14. The van der Waals surface area contributed by atoms with Crippen LogP contribution in [0.25, 0.3) is 0 Å². The van der Waals surface area contributed by atoms with Gasteiger partial charge in [0.1, 0.15) is 0 Å². The van der Waals surface area contributed by atoms with Crippen LogP contribution >= 0.6 is 0 Å². The molecule has 0 saturated heterocycles. The Balaban J connectivity index is 3.95. The molecule has 0 aromatic rings. The first-order valence-electron chi connectivity index (χ1n) is 4.40. The van der Waals surface area contributed by atoms with E-state index in [2.05, 4.69) is 0 Å². The van der Waals surface area contributed by atoms with Crippen LogP contribution in [-0.4, -0.2) is 39.0 Å².